The summed E-state index contributed by atoms with van der Waals surface area (Å²) in [6.45, 7) is 0.747. The molecule has 11 heteroatoms. The quantitative estimate of drug-likeness (QED) is 0.544. The van der Waals surface area contributed by atoms with Gasteiger partial charge in [0.15, 0.2) is 7.60 Å². The lowest BCUT2D eigenvalue weighted by Gasteiger charge is -2.40. The Morgan fingerprint density at radius 2 is 1.67 bits per heavy atom. The van der Waals surface area contributed by atoms with Crippen LogP contribution in [0.1, 0.15) is 6.92 Å². The van der Waals surface area contributed by atoms with Crippen molar-refractivity contribution in [3.63, 3.8) is 0 Å². The summed E-state index contributed by atoms with van der Waals surface area (Å²) < 4.78 is 26.4. The maximum absolute atomic E-state index is 11.1. The van der Waals surface area contributed by atoms with Crippen molar-refractivity contribution in [1.29, 1.82) is 0 Å². The second-order valence-corrected chi connectivity index (χ2v) is 8.88. The van der Waals surface area contributed by atoms with Gasteiger partial charge in [0, 0.05) is 14.0 Å². The Hall–Kier alpha value is 0.390. The predicted octanol–water partition coefficient (Wildman–Crippen LogP) is 0.392. The van der Waals surface area contributed by atoms with Crippen molar-refractivity contribution in [3.8, 4) is 0 Å². The van der Waals surface area contributed by atoms with Crippen molar-refractivity contribution in [3.05, 3.63) is 0 Å². The SMILES string of the molecule is COP(=O)([O-])C(Cl)(Cl)P(=O)([O-])OC(C)=O. The smallest absolute Gasteiger partial charge is 0.306 e. The lowest BCUT2D eigenvalue weighted by molar-refractivity contribution is -0.209. The zero-order valence-electron chi connectivity index (χ0n) is 7.51. The average molecular weight is 299 g/mol. The molecule has 0 bridgehead atoms. The van der Waals surface area contributed by atoms with E-state index < -0.39 is 25.0 Å². The number of carbonyl (C=O) groups excluding carboxylic acids is 1. The third kappa shape index (κ3) is 3.17. The molecular formula is C4H6Cl2O7P2-2. The van der Waals surface area contributed by atoms with Crippen LogP contribution in [0, 0.1) is 0 Å². The Bertz CT molecular complexity index is 353. The van der Waals surface area contributed by atoms with E-state index in [2.05, 4.69) is 9.05 Å². The first kappa shape index (κ1) is 15.4. The fraction of sp³-hybridized carbons (Fsp3) is 0.750. The number of hydrogen-bond donors (Lipinski definition) is 0. The van der Waals surface area contributed by atoms with Gasteiger partial charge in [0.2, 0.25) is 7.60 Å². The standard InChI is InChI=1S/C4H8Cl2O7P2/c1-3(7)13-15(10,11)4(5,6)14(8,9)12-2/h1-2H3,(H,8,9)(H,10,11)/p-2. The molecule has 0 aromatic carbocycles. The molecule has 0 radical (unpaired) electrons. The number of halogens is 2. The number of carbonyl (C=O) groups is 1. The molecule has 7 nitrogen and oxygen atoms in total. The van der Waals surface area contributed by atoms with E-state index in [0.29, 0.717) is 7.11 Å². The zero-order valence-corrected chi connectivity index (χ0v) is 10.8. The first-order valence-electron chi connectivity index (χ1n) is 3.24. The van der Waals surface area contributed by atoms with Gasteiger partial charge in [-0.1, -0.05) is 23.2 Å². The third-order valence-electron chi connectivity index (χ3n) is 1.15. The molecule has 15 heavy (non-hydrogen) atoms. The summed E-state index contributed by atoms with van der Waals surface area (Å²) in [7, 11) is -9.82. The van der Waals surface area contributed by atoms with Gasteiger partial charge in [0.1, 0.15) is 0 Å². The van der Waals surface area contributed by atoms with E-state index in [4.69, 9.17) is 23.2 Å². The molecule has 0 aliphatic carbocycles. The second-order valence-electron chi connectivity index (χ2n) is 2.27. The summed E-state index contributed by atoms with van der Waals surface area (Å²) in [5.41, 5.74) is 0. The van der Waals surface area contributed by atoms with Crippen LogP contribution in [0.25, 0.3) is 0 Å². The molecule has 0 spiro atoms. The monoisotopic (exact) mass is 298 g/mol. The van der Waals surface area contributed by atoms with E-state index in [9.17, 15) is 23.7 Å². The number of hydrogen-bond acceptors (Lipinski definition) is 7. The summed E-state index contributed by atoms with van der Waals surface area (Å²) in [4.78, 5) is 32.5. The van der Waals surface area contributed by atoms with Crippen LogP contribution in [0.3, 0.4) is 0 Å². The Morgan fingerprint density at radius 1 is 1.27 bits per heavy atom. The summed E-state index contributed by atoms with van der Waals surface area (Å²) in [6.07, 6.45) is 0. The van der Waals surface area contributed by atoms with Gasteiger partial charge in [0.25, 0.3) is 3.82 Å². The van der Waals surface area contributed by atoms with Crippen LogP contribution in [0.4, 0.5) is 0 Å². The lowest BCUT2D eigenvalue weighted by Crippen LogP contribution is -2.30. The molecule has 0 N–H and O–H groups in total. The molecule has 2 atom stereocenters. The van der Waals surface area contributed by atoms with E-state index in [1.807, 2.05) is 0 Å². The first-order chi connectivity index (χ1) is 6.48. The fourth-order valence-electron chi connectivity index (χ4n) is 0.484. The van der Waals surface area contributed by atoms with Crippen LogP contribution in [0.5, 0.6) is 0 Å². The van der Waals surface area contributed by atoms with Gasteiger partial charge >= 0.3 is 5.97 Å². The Balaban J connectivity index is 5.28. The Morgan fingerprint density at radius 3 is 1.93 bits per heavy atom. The van der Waals surface area contributed by atoms with Crippen molar-refractivity contribution in [2.75, 3.05) is 7.11 Å². The first-order valence-corrected chi connectivity index (χ1v) is 7.08. The van der Waals surface area contributed by atoms with Crippen molar-refractivity contribution in [2.45, 2.75) is 10.7 Å². The van der Waals surface area contributed by atoms with Crippen LogP contribution >= 0.6 is 38.4 Å². The van der Waals surface area contributed by atoms with Gasteiger partial charge in [-0.15, -0.1) is 0 Å². The number of alkyl halides is 2. The van der Waals surface area contributed by atoms with Gasteiger partial charge in [0.05, 0.1) is 0 Å². The lowest BCUT2D eigenvalue weighted by atomic mass is 10.9. The molecule has 0 amide bonds. The summed E-state index contributed by atoms with van der Waals surface area (Å²) in [5, 5.41) is 0. The van der Waals surface area contributed by atoms with Crippen LogP contribution < -0.4 is 9.79 Å². The molecule has 0 saturated carbocycles. The summed E-state index contributed by atoms with van der Waals surface area (Å²) in [5.74, 6) is -1.27. The van der Waals surface area contributed by atoms with Gasteiger partial charge in [-0.3, -0.25) is 9.36 Å². The molecule has 0 fully saturated rings. The summed E-state index contributed by atoms with van der Waals surface area (Å²) in [6, 6.07) is 0. The fourth-order valence-corrected chi connectivity index (χ4v) is 3.34. The highest BCUT2D eigenvalue weighted by molar-refractivity contribution is 7.78. The molecular weight excluding hydrogens is 293 g/mol. The summed E-state index contributed by atoms with van der Waals surface area (Å²) >= 11 is 10.2. The van der Waals surface area contributed by atoms with E-state index in [0.717, 1.165) is 6.92 Å². The molecule has 0 aliphatic rings. The highest BCUT2D eigenvalue weighted by atomic mass is 35.5. The van der Waals surface area contributed by atoms with Gasteiger partial charge in [-0.2, -0.15) is 0 Å². The van der Waals surface area contributed by atoms with Gasteiger partial charge < -0.3 is 23.4 Å². The minimum atomic E-state index is -5.36. The predicted molar refractivity (Wildman–Crippen MR) is 48.4 cm³/mol. The molecule has 0 aromatic rings. The molecule has 2 unspecified atom stereocenters. The molecule has 90 valence electrons. The van der Waals surface area contributed by atoms with Crippen LogP contribution in [0.15, 0.2) is 0 Å². The molecule has 0 heterocycles. The molecule has 0 saturated heterocycles. The van der Waals surface area contributed by atoms with Gasteiger partial charge in [-0.05, 0) is 0 Å². The van der Waals surface area contributed by atoms with E-state index in [1.165, 1.54) is 0 Å². The van der Waals surface area contributed by atoms with E-state index in [1.54, 1.807) is 0 Å². The van der Waals surface area contributed by atoms with Crippen LogP contribution in [0.2, 0.25) is 0 Å². The van der Waals surface area contributed by atoms with Crippen molar-refractivity contribution >= 4 is 44.4 Å². The topological polar surface area (TPSA) is 116 Å². The minimum Gasteiger partial charge on any atom is -0.776 e. The van der Waals surface area contributed by atoms with E-state index >= 15 is 0 Å². The Labute approximate surface area is 95.3 Å². The van der Waals surface area contributed by atoms with Crippen molar-refractivity contribution in [2.24, 2.45) is 0 Å². The van der Waals surface area contributed by atoms with E-state index in [-0.39, 0.29) is 0 Å². The molecule has 0 aliphatic heterocycles. The highest BCUT2D eigenvalue weighted by Crippen LogP contribution is 2.73. The largest absolute Gasteiger partial charge is 0.776 e. The zero-order chi connectivity index (χ0) is 12.5. The van der Waals surface area contributed by atoms with Crippen molar-refractivity contribution in [1.82, 2.24) is 0 Å². The maximum Gasteiger partial charge on any atom is 0.306 e. The maximum atomic E-state index is 11.1. The van der Waals surface area contributed by atoms with Crippen molar-refractivity contribution < 1.29 is 32.8 Å². The van der Waals surface area contributed by atoms with Crippen LogP contribution in [-0.2, 0) is 23.0 Å². The minimum absolute atomic E-state index is 0.668. The third-order valence-corrected chi connectivity index (χ3v) is 7.40. The Kier molecular flexibility index (Phi) is 4.84. The van der Waals surface area contributed by atoms with Gasteiger partial charge in [-0.25, -0.2) is 0 Å². The van der Waals surface area contributed by atoms with Crippen LogP contribution in [-0.4, -0.2) is 16.9 Å². The normalized spacial score (nSPS) is 20.1. The molecule has 0 aromatic heterocycles. The highest BCUT2D eigenvalue weighted by Gasteiger charge is 2.50. The second kappa shape index (κ2) is 4.72. The number of rotatable bonds is 4. The average Bonchev–Trinajstić information content (AvgIpc) is 2.01. The molecule has 0 rings (SSSR count).